The fourth-order valence-corrected chi connectivity index (χ4v) is 3.64. The van der Waals surface area contributed by atoms with Crippen LogP contribution in [0.1, 0.15) is 32.3 Å². The molecule has 1 amide bonds. The molecule has 1 aliphatic rings. The number of hydrogen-bond acceptors (Lipinski definition) is 7. The summed E-state index contributed by atoms with van der Waals surface area (Å²) in [5.74, 6) is 1.74. The molecule has 0 aliphatic heterocycles. The Kier molecular flexibility index (Phi) is 7.29. The van der Waals surface area contributed by atoms with Gasteiger partial charge in [-0.3, -0.25) is 4.98 Å². The molecule has 35 heavy (non-hydrogen) atoms. The lowest BCUT2D eigenvalue weighted by Gasteiger charge is -2.20. The van der Waals surface area contributed by atoms with E-state index in [9.17, 15) is 4.79 Å². The second-order valence-corrected chi connectivity index (χ2v) is 8.63. The topological polar surface area (TPSA) is 105 Å². The standard InChI is InChI=1S/C27H31N3O5/c1-4-21(28)18(2)35-23-10-13-29-22-15-25(24(32-3)14-20(22)23)34-17-27(11-12-27)30-26(31)33-16-19-8-6-5-7-9-19/h4-10,13-15,18H,11-12,16-17,28H2,1-3H3,(H,30,31)/b21-4+. The minimum Gasteiger partial charge on any atom is -0.493 e. The van der Waals surface area contributed by atoms with Crippen LogP contribution in [0.4, 0.5) is 4.79 Å². The van der Waals surface area contributed by atoms with Gasteiger partial charge in [0.2, 0.25) is 0 Å². The summed E-state index contributed by atoms with van der Waals surface area (Å²) in [7, 11) is 1.58. The number of nitrogens with two attached hydrogens (primary N) is 1. The van der Waals surface area contributed by atoms with E-state index < -0.39 is 11.6 Å². The lowest BCUT2D eigenvalue weighted by Crippen LogP contribution is -2.41. The Balaban J connectivity index is 1.43. The molecule has 2 aromatic carbocycles. The Morgan fingerprint density at radius 3 is 2.63 bits per heavy atom. The highest BCUT2D eigenvalue weighted by molar-refractivity contribution is 5.88. The van der Waals surface area contributed by atoms with Crippen molar-refractivity contribution in [3.05, 3.63) is 72.1 Å². The third kappa shape index (κ3) is 5.95. The van der Waals surface area contributed by atoms with E-state index in [1.807, 2.05) is 62.4 Å². The fourth-order valence-electron chi connectivity index (χ4n) is 3.64. The van der Waals surface area contributed by atoms with Crippen LogP contribution in [0, 0.1) is 0 Å². The van der Waals surface area contributed by atoms with Crippen LogP contribution in [-0.2, 0) is 11.3 Å². The Hall–Kier alpha value is -3.94. The number of aromatic nitrogens is 1. The number of methoxy groups -OCH3 is 1. The third-order valence-electron chi connectivity index (χ3n) is 6.03. The minimum atomic E-state index is -0.460. The molecule has 1 saturated carbocycles. The van der Waals surface area contributed by atoms with Crippen molar-refractivity contribution in [2.45, 2.75) is 44.9 Å². The summed E-state index contributed by atoms with van der Waals surface area (Å²) in [6, 6.07) is 15.0. The number of ether oxygens (including phenoxy) is 4. The van der Waals surface area contributed by atoms with Crippen LogP contribution in [0.2, 0.25) is 0 Å². The molecule has 4 rings (SSSR count). The van der Waals surface area contributed by atoms with E-state index in [-0.39, 0.29) is 12.7 Å². The Morgan fingerprint density at radius 1 is 1.17 bits per heavy atom. The number of hydrogen-bond donors (Lipinski definition) is 2. The smallest absolute Gasteiger partial charge is 0.408 e. The van der Waals surface area contributed by atoms with Gasteiger partial charge < -0.3 is 30.0 Å². The van der Waals surface area contributed by atoms with Gasteiger partial charge in [0, 0.05) is 23.3 Å². The molecule has 0 saturated heterocycles. The molecule has 0 spiro atoms. The third-order valence-corrected chi connectivity index (χ3v) is 6.03. The van der Waals surface area contributed by atoms with Crippen molar-refractivity contribution in [1.82, 2.24) is 10.3 Å². The first-order valence-corrected chi connectivity index (χ1v) is 11.6. The molecule has 8 nitrogen and oxygen atoms in total. The normalized spacial score (nSPS) is 15.2. The van der Waals surface area contributed by atoms with Gasteiger partial charge in [-0.25, -0.2) is 4.79 Å². The van der Waals surface area contributed by atoms with E-state index in [4.69, 9.17) is 24.7 Å². The highest BCUT2D eigenvalue weighted by Crippen LogP contribution is 2.40. The van der Waals surface area contributed by atoms with Crippen LogP contribution < -0.4 is 25.3 Å². The quantitative estimate of drug-likeness (QED) is 0.436. The van der Waals surface area contributed by atoms with Crippen molar-refractivity contribution in [1.29, 1.82) is 0 Å². The molecule has 8 heteroatoms. The fraction of sp³-hybridized carbons (Fsp3) is 0.333. The molecule has 0 bridgehead atoms. The van der Waals surface area contributed by atoms with Crippen LogP contribution in [0.15, 0.2) is 66.5 Å². The molecular formula is C27H31N3O5. The van der Waals surface area contributed by atoms with Crippen molar-refractivity contribution >= 4 is 17.0 Å². The van der Waals surface area contributed by atoms with Gasteiger partial charge in [0.25, 0.3) is 0 Å². The van der Waals surface area contributed by atoms with Gasteiger partial charge in [-0.15, -0.1) is 0 Å². The summed E-state index contributed by atoms with van der Waals surface area (Å²) in [5.41, 5.74) is 7.82. The summed E-state index contributed by atoms with van der Waals surface area (Å²) in [5, 5.41) is 3.74. The monoisotopic (exact) mass is 477 g/mol. The van der Waals surface area contributed by atoms with E-state index in [2.05, 4.69) is 10.3 Å². The van der Waals surface area contributed by atoms with Gasteiger partial charge in [-0.2, -0.15) is 0 Å². The number of carbonyl (C=O) groups excluding carboxylic acids is 1. The van der Waals surface area contributed by atoms with Crippen molar-refractivity contribution in [2.24, 2.45) is 5.73 Å². The molecule has 1 heterocycles. The maximum absolute atomic E-state index is 12.3. The summed E-state index contributed by atoms with van der Waals surface area (Å²) >= 11 is 0. The molecule has 1 aromatic heterocycles. The first-order valence-electron chi connectivity index (χ1n) is 11.6. The molecular weight excluding hydrogens is 446 g/mol. The SMILES string of the molecule is C/C=C(/N)C(C)Oc1ccnc2cc(OCC3(NC(=O)OCc4ccccc4)CC3)c(OC)cc12. The van der Waals surface area contributed by atoms with E-state index in [1.165, 1.54) is 0 Å². The van der Waals surface area contributed by atoms with Crippen LogP contribution in [-0.4, -0.2) is 36.4 Å². The number of fused-ring (bicyclic) bond motifs is 1. The highest BCUT2D eigenvalue weighted by atomic mass is 16.6. The van der Waals surface area contributed by atoms with E-state index in [0.29, 0.717) is 35.1 Å². The first-order chi connectivity index (χ1) is 16.9. The molecule has 3 aromatic rings. The summed E-state index contributed by atoms with van der Waals surface area (Å²) in [6.07, 6.45) is 4.38. The van der Waals surface area contributed by atoms with Gasteiger partial charge in [-0.05, 0) is 44.4 Å². The van der Waals surface area contributed by atoms with E-state index in [1.54, 1.807) is 19.4 Å². The van der Waals surface area contributed by atoms with Crippen molar-refractivity contribution in [3.63, 3.8) is 0 Å². The zero-order valence-corrected chi connectivity index (χ0v) is 20.2. The zero-order valence-electron chi connectivity index (χ0n) is 20.2. The van der Waals surface area contributed by atoms with Gasteiger partial charge in [-0.1, -0.05) is 36.4 Å². The maximum Gasteiger partial charge on any atom is 0.408 e. The number of nitrogens with zero attached hydrogens (tertiary/aromatic N) is 1. The Bertz CT molecular complexity index is 1210. The second-order valence-electron chi connectivity index (χ2n) is 8.63. The van der Waals surface area contributed by atoms with Gasteiger partial charge in [0.05, 0.1) is 18.2 Å². The number of nitrogens with one attached hydrogen (secondary N) is 1. The average Bonchev–Trinajstić information content (AvgIpc) is 3.65. The number of rotatable bonds is 10. The Labute approximate surface area is 205 Å². The van der Waals surface area contributed by atoms with Gasteiger partial charge in [0.15, 0.2) is 11.5 Å². The maximum atomic E-state index is 12.3. The molecule has 1 atom stereocenters. The van der Waals surface area contributed by atoms with Crippen LogP contribution in [0.3, 0.4) is 0 Å². The summed E-state index contributed by atoms with van der Waals surface area (Å²) < 4.78 is 23.1. The number of pyridine rings is 1. The van der Waals surface area contributed by atoms with E-state index >= 15 is 0 Å². The lowest BCUT2D eigenvalue weighted by atomic mass is 10.1. The van der Waals surface area contributed by atoms with Gasteiger partial charge in [0.1, 0.15) is 25.1 Å². The van der Waals surface area contributed by atoms with Crippen LogP contribution in [0.25, 0.3) is 10.9 Å². The molecule has 0 radical (unpaired) electrons. The van der Waals surface area contributed by atoms with Crippen LogP contribution in [0.5, 0.6) is 17.2 Å². The second kappa shape index (κ2) is 10.5. The average molecular weight is 478 g/mol. The molecule has 3 N–H and O–H groups in total. The van der Waals surface area contributed by atoms with Crippen LogP contribution >= 0.6 is 0 Å². The summed E-state index contributed by atoms with van der Waals surface area (Å²) in [4.78, 5) is 16.8. The zero-order chi connectivity index (χ0) is 24.8. The molecule has 1 unspecified atom stereocenters. The highest BCUT2D eigenvalue weighted by Gasteiger charge is 2.45. The number of benzene rings is 2. The number of amides is 1. The number of allylic oxidation sites excluding steroid dienone is 1. The van der Waals surface area contributed by atoms with Gasteiger partial charge >= 0.3 is 6.09 Å². The van der Waals surface area contributed by atoms with E-state index in [0.717, 1.165) is 23.8 Å². The van der Waals surface area contributed by atoms with Crippen molar-refractivity contribution < 1.29 is 23.7 Å². The first kappa shape index (κ1) is 24.2. The molecule has 1 aliphatic carbocycles. The molecule has 1 fully saturated rings. The number of carbonyl (C=O) groups is 1. The largest absolute Gasteiger partial charge is 0.493 e. The summed E-state index contributed by atoms with van der Waals surface area (Å²) in [6.45, 7) is 4.27. The minimum absolute atomic E-state index is 0.219. The van der Waals surface area contributed by atoms with Crippen molar-refractivity contribution in [3.8, 4) is 17.2 Å². The predicted molar refractivity (Wildman–Crippen MR) is 134 cm³/mol. The predicted octanol–water partition coefficient (Wildman–Crippen LogP) is 4.71. The number of alkyl carbamates (subject to hydrolysis) is 1. The van der Waals surface area contributed by atoms with Crippen molar-refractivity contribution in [2.75, 3.05) is 13.7 Å². The Morgan fingerprint density at radius 2 is 1.94 bits per heavy atom. The molecule has 184 valence electrons. The lowest BCUT2D eigenvalue weighted by molar-refractivity contribution is 0.128.